The largest absolute Gasteiger partial charge is 0.361 e. The molecule has 1 aliphatic rings. The zero-order chi connectivity index (χ0) is 17.9. The third kappa shape index (κ3) is 3.50. The first kappa shape index (κ1) is 16.8. The minimum atomic E-state index is -0.296. The predicted molar refractivity (Wildman–Crippen MR) is 101 cm³/mol. The molecular formula is C22H23FN2O. The van der Waals surface area contributed by atoms with Gasteiger partial charge in [0.05, 0.1) is 6.42 Å². The van der Waals surface area contributed by atoms with E-state index in [1.807, 2.05) is 11.0 Å². The Labute approximate surface area is 152 Å². The first-order chi connectivity index (χ1) is 12.7. The molecule has 0 aliphatic carbocycles. The number of likely N-dealkylation sites (tertiary alicyclic amines) is 1. The predicted octanol–water partition coefficient (Wildman–Crippen LogP) is 4.33. The summed E-state index contributed by atoms with van der Waals surface area (Å²) in [5, 5.41) is 1.30. The van der Waals surface area contributed by atoms with Gasteiger partial charge in [-0.15, -0.1) is 0 Å². The molecule has 4 heteroatoms. The smallest absolute Gasteiger partial charge is 0.227 e. The van der Waals surface area contributed by atoms with Crippen LogP contribution in [0, 0.1) is 11.7 Å². The summed E-state index contributed by atoms with van der Waals surface area (Å²) in [4.78, 5) is 17.7. The lowest BCUT2D eigenvalue weighted by molar-refractivity contribution is -0.131. The van der Waals surface area contributed by atoms with E-state index in [2.05, 4.69) is 29.4 Å². The molecular weight excluding hydrogens is 327 g/mol. The molecule has 1 aliphatic heterocycles. The Hall–Kier alpha value is -2.62. The number of H-pyrrole nitrogens is 1. The third-order valence-corrected chi connectivity index (χ3v) is 5.45. The SMILES string of the molecule is O=C(Cc1ccccc1F)N1CCC(Cc2c[nH]c3ccccc23)CC1. The number of rotatable bonds is 4. The monoisotopic (exact) mass is 350 g/mol. The van der Waals surface area contributed by atoms with E-state index in [1.54, 1.807) is 18.2 Å². The number of nitrogens with zero attached hydrogens (tertiary/aromatic N) is 1. The summed E-state index contributed by atoms with van der Waals surface area (Å²) >= 11 is 0. The highest BCUT2D eigenvalue weighted by atomic mass is 19.1. The molecule has 134 valence electrons. The number of fused-ring (bicyclic) bond motifs is 1. The van der Waals surface area contributed by atoms with Crippen molar-refractivity contribution in [2.75, 3.05) is 13.1 Å². The molecule has 3 nitrogen and oxygen atoms in total. The number of hydrogen-bond acceptors (Lipinski definition) is 1. The Kier molecular flexibility index (Phi) is 4.74. The summed E-state index contributed by atoms with van der Waals surface area (Å²) in [6.45, 7) is 1.53. The quantitative estimate of drug-likeness (QED) is 0.747. The third-order valence-electron chi connectivity index (χ3n) is 5.45. The molecule has 4 rings (SSSR count). The van der Waals surface area contributed by atoms with E-state index in [1.165, 1.54) is 22.5 Å². The van der Waals surface area contributed by atoms with Crippen molar-refractivity contribution in [2.45, 2.75) is 25.7 Å². The molecule has 0 atom stereocenters. The average molecular weight is 350 g/mol. The van der Waals surface area contributed by atoms with Gasteiger partial charge < -0.3 is 9.88 Å². The summed E-state index contributed by atoms with van der Waals surface area (Å²) < 4.78 is 13.7. The van der Waals surface area contributed by atoms with Crippen LogP contribution >= 0.6 is 0 Å². The van der Waals surface area contributed by atoms with Crippen LogP contribution in [0.25, 0.3) is 10.9 Å². The molecule has 1 amide bonds. The molecule has 0 saturated carbocycles. The van der Waals surface area contributed by atoms with Crippen LogP contribution in [0.2, 0.25) is 0 Å². The van der Waals surface area contributed by atoms with Crippen LogP contribution in [-0.2, 0) is 17.6 Å². The maximum atomic E-state index is 13.7. The molecule has 2 aromatic carbocycles. The first-order valence-electron chi connectivity index (χ1n) is 9.27. The fourth-order valence-corrected chi connectivity index (χ4v) is 3.91. The van der Waals surface area contributed by atoms with Crippen molar-refractivity contribution < 1.29 is 9.18 Å². The van der Waals surface area contributed by atoms with Crippen molar-refractivity contribution in [3.63, 3.8) is 0 Å². The highest BCUT2D eigenvalue weighted by molar-refractivity contribution is 5.83. The maximum Gasteiger partial charge on any atom is 0.227 e. The Morgan fingerprint density at radius 2 is 1.77 bits per heavy atom. The number of amides is 1. The fourth-order valence-electron chi connectivity index (χ4n) is 3.91. The van der Waals surface area contributed by atoms with Crippen LogP contribution < -0.4 is 0 Å². The van der Waals surface area contributed by atoms with Crippen molar-refractivity contribution in [2.24, 2.45) is 5.92 Å². The van der Waals surface area contributed by atoms with Gasteiger partial charge in [0, 0.05) is 30.2 Å². The molecule has 0 unspecified atom stereocenters. The van der Waals surface area contributed by atoms with E-state index in [9.17, 15) is 9.18 Å². The molecule has 26 heavy (non-hydrogen) atoms. The topological polar surface area (TPSA) is 36.1 Å². The second-order valence-electron chi connectivity index (χ2n) is 7.16. The van der Waals surface area contributed by atoms with E-state index in [-0.39, 0.29) is 18.1 Å². The Balaban J connectivity index is 1.34. The van der Waals surface area contributed by atoms with Gasteiger partial charge in [-0.1, -0.05) is 36.4 Å². The number of hydrogen-bond donors (Lipinski definition) is 1. The zero-order valence-corrected chi connectivity index (χ0v) is 14.7. The van der Waals surface area contributed by atoms with Crippen molar-refractivity contribution >= 4 is 16.8 Å². The molecule has 1 fully saturated rings. The zero-order valence-electron chi connectivity index (χ0n) is 14.7. The van der Waals surface area contributed by atoms with Crippen LogP contribution in [0.4, 0.5) is 4.39 Å². The summed E-state index contributed by atoms with van der Waals surface area (Å²) in [6, 6.07) is 14.9. The van der Waals surface area contributed by atoms with Crippen molar-refractivity contribution in [3.05, 3.63) is 71.7 Å². The molecule has 1 aromatic heterocycles. The number of nitrogens with one attached hydrogen (secondary N) is 1. The van der Waals surface area contributed by atoms with Gasteiger partial charge >= 0.3 is 0 Å². The number of benzene rings is 2. The lowest BCUT2D eigenvalue weighted by atomic mass is 9.90. The van der Waals surface area contributed by atoms with E-state index in [0.29, 0.717) is 11.5 Å². The minimum absolute atomic E-state index is 0.0284. The van der Waals surface area contributed by atoms with E-state index >= 15 is 0 Å². The van der Waals surface area contributed by atoms with Gasteiger partial charge in [-0.2, -0.15) is 0 Å². The van der Waals surface area contributed by atoms with Crippen LogP contribution in [0.1, 0.15) is 24.0 Å². The Morgan fingerprint density at radius 3 is 2.58 bits per heavy atom. The number of carbonyl (C=O) groups is 1. The van der Waals surface area contributed by atoms with Gasteiger partial charge in [-0.3, -0.25) is 4.79 Å². The maximum absolute atomic E-state index is 13.7. The summed E-state index contributed by atoms with van der Waals surface area (Å²) in [7, 11) is 0. The summed E-state index contributed by atoms with van der Waals surface area (Å²) in [5.74, 6) is 0.322. The average Bonchev–Trinajstić information content (AvgIpc) is 3.07. The second-order valence-corrected chi connectivity index (χ2v) is 7.16. The van der Waals surface area contributed by atoms with Gasteiger partial charge in [-0.25, -0.2) is 4.39 Å². The number of aromatic nitrogens is 1. The number of aromatic amines is 1. The number of piperidine rings is 1. The van der Waals surface area contributed by atoms with E-state index in [0.717, 1.165) is 32.4 Å². The van der Waals surface area contributed by atoms with Crippen LogP contribution in [0.15, 0.2) is 54.7 Å². The van der Waals surface area contributed by atoms with Crippen molar-refractivity contribution in [1.82, 2.24) is 9.88 Å². The van der Waals surface area contributed by atoms with Gasteiger partial charge in [0.15, 0.2) is 0 Å². The summed E-state index contributed by atoms with van der Waals surface area (Å²) in [5.41, 5.74) is 3.02. The van der Waals surface area contributed by atoms with Crippen LogP contribution in [0.5, 0.6) is 0 Å². The van der Waals surface area contributed by atoms with E-state index < -0.39 is 0 Å². The number of carbonyl (C=O) groups excluding carboxylic acids is 1. The molecule has 0 bridgehead atoms. The van der Waals surface area contributed by atoms with Crippen LogP contribution in [0.3, 0.4) is 0 Å². The molecule has 1 N–H and O–H groups in total. The van der Waals surface area contributed by atoms with E-state index in [4.69, 9.17) is 0 Å². The Morgan fingerprint density at radius 1 is 1.04 bits per heavy atom. The normalized spacial score (nSPS) is 15.5. The summed E-state index contributed by atoms with van der Waals surface area (Å²) in [6.07, 6.45) is 5.31. The molecule has 0 radical (unpaired) electrons. The Bertz CT molecular complexity index is 909. The first-order valence-corrected chi connectivity index (χ1v) is 9.27. The molecule has 3 aromatic rings. The molecule has 0 spiro atoms. The van der Waals surface area contributed by atoms with Gasteiger partial charge in [0.1, 0.15) is 5.82 Å². The number of halogens is 1. The molecule has 2 heterocycles. The van der Waals surface area contributed by atoms with Gasteiger partial charge in [0.25, 0.3) is 0 Å². The lowest BCUT2D eigenvalue weighted by Gasteiger charge is -2.32. The molecule has 1 saturated heterocycles. The van der Waals surface area contributed by atoms with Gasteiger partial charge in [0.2, 0.25) is 5.91 Å². The number of para-hydroxylation sites is 1. The minimum Gasteiger partial charge on any atom is -0.361 e. The second kappa shape index (κ2) is 7.32. The highest BCUT2D eigenvalue weighted by Crippen LogP contribution is 2.26. The standard InChI is InChI=1S/C22H23FN2O/c23-20-7-3-1-5-17(20)14-22(26)25-11-9-16(10-12-25)13-18-15-24-21-8-4-2-6-19(18)21/h1-8,15-16,24H,9-14H2. The van der Waals surface area contributed by atoms with Gasteiger partial charge in [-0.05, 0) is 48.4 Å². The van der Waals surface area contributed by atoms with Crippen molar-refractivity contribution in [3.8, 4) is 0 Å². The van der Waals surface area contributed by atoms with Crippen molar-refractivity contribution in [1.29, 1.82) is 0 Å². The van der Waals surface area contributed by atoms with Crippen LogP contribution in [-0.4, -0.2) is 28.9 Å². The lowest BCUT2D eigenvalue weighted by Crippen LogP contribution is -2.39. The highest BCUT2D eigenvalue weighted by Gasteiger charge is 2.24. The fraction of sp³-hybridized carbons (Fsp3) is 0.318.